The normalized spacial score (nSPS) is 10.3. The van der Waals surface area contributed by atoms with Crippen LogP contribution in [-0.2, 0) is 11.2 Å². The summed E-state index contributed by atoms with van der Waals surface area (Å²) in [5.41, 5.74) is 2.97. The quantitative estimate of drug-likeness (QED) is 0.427. The number of rotatable bonds is 8. The number of benzene rings is 2. The number of nitro benzene ring substituents is 1. The Balaban J connectivity index is 1.70. The molecule has 3 aromatic rings. The molecule has 9 heteroatoms. The molecule has 0 unspecified atom stereocenters. The van der Waals surface area contributed by atoms with Gasteiger partial charge in [-0.2, -0.15) is 0 Å². The number of nitrogens with one attached hydrogen (secondary N) is 2. The molecule has 0 bridgehead atoms. The maximum Gasteiger partial charge on any atom is 0.310 e. The van der Waals surface area contributed by atoms with Crippen LogP contribution in [0.2, 0.25) is 0 Å². The highest BCUT2D eigenvalue weighted by atomic mass is 16.6. The number of aryl methyl sites for hydroxylation is 2. The Kier molecular flexibility index (Phi) is 6.53. The number of nitrogens with zero attached hydrogens (tertiary/aromatic N) is 3. The second-order valence-electron chi connectivity index (χ2n) is 6.46. The van der Waals surface area contributed by atoms with Crippen molar-refractivity contribution in [1.29, 1.82) is 0 Å². The molecule has 1 heterocycles. The van der Waals surface area contributed by atoms with E-state index in [1.165, 1.54) is 24.5 Å². The Bertz CT molecular complexity index is 1070. The summed E-state index contributed by atoms with van der Waals surface area (Å²) < 4.78 is 5.36. The third-order valence-corrected chi connectivity index (χ3v) is 4.26. The second kappa shape index (κ2) is 9.46. The maximum absolute atomic E-state index is 12.4. The zero-order valence-corrected chi connectivity index (χ0v) is 16.6. The lowest BCUT2D eigenvalue weighted by Crippen LogP contribution is -2.21. The minimum Gasteiger partial charge on any atom is -0.477 e. The highest BCUT2D eigenvalue weighted by molar-refractivity contribution is 5.93. The number of hydrogen-bond acceptors (Lipinski definition) is 7. The first-order valence-corrected chi connectivity index (χ1v) is 9.31. The van der Waals surface area contributed by atoms with Crippen molar-refractivity contribution in [3.8, 4) is 5.75 Å². The summed E-state index contributed by atoms with van der Waals surface area (Å²) in [6.45, 7) is 3.50. The molecule has 2 N–H and O–H groups in total. The van der Waals surface area contributed by atoms with Gasteiger partial charge >= 0.3 is 5.69 Å². The lowest BCUT2D eigenvalue weighted by Gasteiger charge is -2.14. The molecule has 0 atom stereocenters. The molecule has 0 aliphatic rings. The average molecular weight is 407 g/mol. The van der Waals surface area contributed by atoms with Crippen LogP contribution in [-0.4, -0.2) is 27.4 Å². The summed E-state index contributed by atoms with van der Waals surface area (Å²) in [4.78, 5) is 31.1. The number of amides is 1. The molecule has 0 spiro atoms. The van der Waals surface area contributed by atoms with Crippen LogP contribution in [0.1, 0.15) is 18.2 Å². The minimum absolute atomic E-state index is 0.0444. The van der Waals surface area contributed by atoms with E-state index < -0.39 is 10.8 Å². The van der Waals surface area contributed by atoms with Gasteiger partial charge in [-0.05, 0) is 37.1 Å². The Morgan fingerprint density at radius 3 is 2.70 bits per heavy atom. The fraction of sp³-hybridized carbons (Fsp3) is 0.190. The van der Waals surface area contributed by atoms with Crippen LogP contribution in [0.25, 0.3) is 0 Å². The van der Waals surface area contributed by atoms with E-state index in [9.17, 15) is 14.9 Å². The van der Waals surface area contributed by atoms with E-state index in [4.69, 9.17) is 4.74 Å². The van der Waals surface area contributed by atoms with Crippen LogP contribution in [0.15, 0.2) is 54.9 Å². The van der Waals surface area contributed by atoms with Crippen LogP contribution in [0.5, 0.6) is 5.75 Å². The molecule has 2 aromatic carbocycles. The topological polar surface area (TPSA) is 119 Å². The first-order chi connectivity index (χ1) is 14.5. The summed E-state index contributed by atoms with van der Waals surface area (Å²) in [6, 6.07) is 13.4. The van der Waals surface area contributed by atoms with Gasteiger partial charge in [0.25, 0.3) is 5.91 Å². The molecular formula is C21H21N5O4. The van der Waals surface area contributed by atoms with E-state index in [-0.39, 0.29) is 18.0 Å². The Morgan fingerprint density at radius 2 is 1.97 bits per heavy atom. The summed E-state index contributed by atoms with van der Waals surface area (Å²) in [7, 11) is 0. The van der Waals surface area contributed by atoms with Gasteiger partial charge in [0, 0.05) is 29.2 Å². The molecule has 3 rings (SSSR count). The first-order valence-electron chi connectivity index (χ1n) is 9.31. The van der Waals surface area contributed by atoms with Crippen molar-refractivity contribution in [1.82, 2.24) is 9.97 Å². The number of nitro groups is 1. The van der Waals surface area contributed by atoms with Crippen LogP contribution in [0.3, 0.4) is 0 Å². The second-order valence-corrected chi connectivity index (χ2v) is 6.46. The van der Waals surface area contributed by atoms with E-state index in [1.807, 2.05) is 32.0 Å². The highest BCUT2D eigenvalue weighted by Crippen LogP contribution is 2.26. The largest absolute Gasteiger partial charge is 0.477 e. The van der Waals surface area contributed by atoms with E-state index >= 15 is 0 Å². The predicted molar refractivity (Wildman–Crippen MR) is 113 cm³/mol. The number of ether oxygens (including phenoxy) is 1. The van der Waals surface area contributed by atoms with Gasteiger partial charge in [0.2, 0.25) is 0 Å². The van der Waals surface area contributed by atoms with Gasteiger partial charge in [-0.3, -0.25) is 14.9 Å². The summed E-state index contributed by atoms with van der Waals surface area (Å²) in [5, 5.41) is 17.0. The zero-order valence-electron chi connectivity index (χ0n) is 16.6. The van der Waals surface area contributed by atoms with Crippen LogP contribution >= 0.6 is 0 Å². The molecular weight excluding hydrogens is 386 g/mol. The van der Waals surface area contributed by atoms with Gasteiger partial charge in [-0.15, -0.1) is 0 Å². The Morgan fingerprint density at radius 1 is 1.17 bits per heavy atom. The summed E-state index contributed by atoms with van der Waals surface area (Å²) in [5.74, 6) is 0.268. The third-order valence-electron chi connectivity index (χ3n) is 4.26. The van der Waals surface area contributed by atoms with Crippen molar-refractivity contribution in [2.45, 2.75) is 20.3 Å². The lowest BCUT2D eigenvalue weighted by atomic mass is 10.1. The molecule has 1 aromatic heterocycles. The van der Waals surface area contributed by atoms with Gasteiger partial charge in [0.1, 0.15) is 12.1 Å². The Labute approximate surface area is 173 Å². The Hall–Kier alpha value is -4.01. The first kappa shape index (κ1) is 20.7. The monoisotopic (exact) mass is 407 g/mol. The molecule has 1 amide bonds. The van der Waals surface area contributed by atoms with Crippen LogP contribution in [0.4, 0.5) is 22.9 Å². The van der Waals surface area contributed by atoms with Crippen molar-refractivity contribution < 1.29 is 14.5 Å². The summed E-state index contributed by atoms with van der Waals surface area (Å²) in [6.07, 6.45) is 2.19. The van der Waals surface area contributed by atoms with Crippen molar-refractivity contribution in [2.24, 2.45) is 0 Å². The van der Waals surface area contributed by atoms with Crippen molar-refractivity contribution in [3.63, 3.8) is 0 Å². The van der Waals surface area contributed by atoms with Gasteiger partial charge in [-0.1, -0.05) is 25.1 Å². The van der Waals surface area contributed by atoms with Gasteiger partial charge in [0.05, 0.1) is 4.92 Å². The number of aromatic nitrogens is 2. The van der Waals surface area contributed by atoms with Gasteiger partial charge in [0.15, 0.2) is 12.4 Å². The van der Waals surface area contributed by atoms with E-state index in [0.717, 1.165) is 16.9 Å². The molecule has 0 fully saturated rings. The SMILES string of the molecule is CCc1ccc(Nc2cc(C)ncn2)cc1NC(=O)COc1ccccc1[N+](=O)[O-]. The molecule has 0 aliphatic carbocycles. The number of hydrogen-bond donors (Lipinski definition) is 2. The minimum atomic E-state index is -0.549. The molecule has 0 aliphatic heterocycles. The van der Waals surface area contributed by atoms with Crippen molar-refractivity contribution >= 4 is 28.8 Å². The maximum atomic E-state index is 12.4. The lowest BCUT2D eigenvalue weighted by molar-refractivity contribution is -0.385. The van der Waals surface area contributed by atoms with Crippen molar-refractivity contribution in [3.05, 3.63) is 76.2 Å². The standard InChI is InChI=1S/C21H21N5O4/c1-3-15-8-9-16(24-20-10-14(2)22-13-23-20)11-17(15)25-21(27)12-30-19-7-5-4-6-18(19)26(28)29/h4-11,13H,3,12H2,1-2H3,(H,25,27)(H,22,23,24). The number of para-hydroxylation sites is 2. The van der Waals surface area contributed by atoms with Crippen LogP contribution < -0.4 is 15.4 Å². The molecule has 0 saturated carbocycles. The van der Waals surface area contributed by atoms with Gasteiger partial charge < -0.3 is 15.4 Å². The van der Waals surface area contributed by atoms with Crippen molar-refractivity contribution in [2.75, 3.05) is 17.2 Å². The third kappa shape index (κ3) is 5.28. The van der Waals surface area contributed by atoms with Gasteiger partial charge in [-0.25, -0.2) is 9.97 Å². The fourth-order valence-corrected chi connectivity index (χ4v) is 2.81. The zero-order chi connectivity index (χ0) is 21.5. The molecule has 0 saturated heterocycles. The highest BCUT2D eigenvalue weighted by Gasteiger charge is 2.15. The fourth-order valence-electron chi connectivity index (χ4n) is 2.81. The smallest absolute Gasteiger partial charge is 0.310 e. The molecule has 0 radical (unpaired) electrons. The number of carbonyl (C=O) groups excluding carboxylic acids is 1. The number of carbonyl (C=O) groups is 1. The summed E-state index contributed by atoms with van der Waals surface area (Å²) >= 11 is 0. The average Bonchev–Trinajstić information content (AvgIpc) is 2.72. The van der Waals surface area contributed by atoms with E-state index in [2.05, 4.69) is 20.6 Å². The molecule has 30 heavy (non-hydrogen) atoms. The molecule has 9 nitrogen and oxygen atoms in total. The molecule has 154 valence electrons. The van der Waals surface area contributed by atoms with E-state index in [0.29, 0.717) is 17.9 Å². The predicted octanol–water partition coefficient (Wildman–Crippen LogP) is 4.02. The van der Waals surface area contributed by atoms with Crippen LogP contribution in [0, 0.1) is 17.0 Å². The van der Waals surface area contributed by atoms with E-state index in [1.54, 1.807) is 12.1 Å². The number of anilines is 3.